The van der Waals surface area contributed by atoms with Crippen LogP contribution in [0.1, 0.15) is 13.3 Å². The van der Waals surface area contributed by atoms with Crippen LogP contribution in [-0.2, 0) is 4.79 Å². The van der Waals surface area contributed by atoms with Gasteiger partial charge in [0.2, 0.25) is 5.91 Å². The summed E-state index contributed by atoms with van der Waals surface area (Å²) in [7, 11) is 0. The summed E-state index contributed by atoms with van der Waals surface area (Å²) in [5, 5.41) is 7.18. The zero-order chi connectivity index (χ0) is 6.85. The normalized spacial score (nSPS) is 17.0. The van der Waals surface area contributed by atoms with Crippen LogP contribution in [0, 0.1) is 5.41 Å². The first kappa shape index (κ1) is 6.01. The van der Waals surface area contributed by atoms with Gasteiger partial charge in [0.25, 0.3) is 0 Å². The third kappa shape index (κ3) is 0.988. The van der Waals surface area contributed by atoms with Gasteiger partial charge in [-0.3, -0.25) is 15.1 Å². The van der Waals surface area contributed by atoms with E-state index in [1.807, 2.05) is 0 Å². The first-order chi connectivity index (χ1) is 4.22. The summed E-state index contributed by atoms with van der Waals surface area (Å²) < 4.78 is 0. The van der Waals surface area contributed by atoms with Crippen molar-refractivity contribution in [3.63, 3.8) is 0 Å². The summed E-state index contributed by atoms with van der Waals surface area (Å²) >= 11 is 0. The van der Waals surface area contributed by atoms with Gasteiger partial charge in [0.1, 0.15) is 5.84 Å². The minimum atomic E-state index is -0.0891. The van der Waals surface area contributed by atoms with E-state index in [9.17, 15) is 4.79 Å². The fourth-order valence-electron chi connectivity index (χ4n) is 0.753. The van der Waals surface area contributed by atoms with Gasteiger partial charge in [-0.25, -0.2) is 0 Å². The number of amidine groups is 1. The molecule has 0 aromatic carbocycles. The van der Waals surface area contributed by atoms with Crippen LogP contribution < -0.4 is 0 Å². The number of amides is 1. The van der Waals surface area contributed by atoms with Crippen molar-refractivity contribution in [3.8, 4) is 0 Å². The highest BCUT2D eigenvalue weighted by atomic mass is 16.2. The van der Waals surface area contributed by atoms with Gasteiger partial charge in [0, 0.05) is 19.5 Å². The van der Waals surface area contributed by atoms with Crippen LogP contribution >= 0.6 is 0 Å². The van der Waals surface area contributed by atoms with Gasteiger partial charge in [-0.2, -0.15) is 0 Å². The van der Waals surface area contributed by atoms with Gasteiger partial charge in [-0.1, -0.05) is 6.08 Å². The topological polar surface area (TPSA) is 44.2 Å². The number of carbonyl (C=O) groups excluding carboxylic acids is 1. The minimum absolute atomic E-state index is 0.0891. The van der Waals surface area contributed by atoms with Gasteiger partial charge >= 0.3 is 0 Å². The molecule has 3 heteroatoms. The van der Waals surface area contributed by atoms with E-state index in [0.29, 0.717) is 12.3 Å². The second-order valence-corrected chi connectivity index (χ2v) is 1.92. The molecule has 48 valence electrons. The molecule has 1 heterocycles. The number of hydrogen-bond acceptors (Lipinski definition) is 2. The first-order valence-corrected chi connectivity index (χ1v) is 2.75. The molecule has 1 aliphatic heterocycles. The molecule has 1 aliphatic rings. The van der Waals surface area contributed by atoms with E-state index in [1.165, 1.54) is 11.8 Å². The van der Waals surface area contributed by atoms with Gasteiger partial charge in [-0.05, 0) is 0 Å². The van der Waals surface area contributed by atoms with Gasteiger partial charge in [0.05, 0.1) is 0 Å². The predicted octanol–water partition coefficient (Wildman–Crippen LogP) is 0.730. The van der Waals surface area contributed by atoms with Crippen LogP contribution in [0.15, 0.2) is 12.3 Å². The molecule has 0 aromatic heterocycles. The Kier molecular flexibility index (Phi) is 1.34. The van der Waals surface area contributed by atoms with Crippen LogP contribution in [0.4, 0.5) is 0 Å². The maximum absolute atomic E-state index is 10.6. The maximum Gasteiger partial charge on any atom is 0.228 e. The third-order valence-corrected chi connectivity index (χ3v) is 1.20. The van der Waals surface area contributed by atoms with Crippen molar-refractivity contribution in [2.45, 2.75) is 13.3 Å². The molecule has 0 fully saturated rings. The van der Waals surface area contributed by atoms with Crippen LogP contribution in [0.25, 0.3) is 0 Å². The average Bonchev–Trinajstić information content (AvgIpc) is 2.13. The molecule has 1 amide bonds. The summed E-state index contributed by atoms with van der Waals surface area (Å²) in [6, 6.07) is 0. The van der Waals surface area contributed by atoms with Crippen LogP contribution in [0.5, 0.6) is 0 Å². The molecular formula is C6H8N2O. The maximum atomic E-state index is 10.6. The van der Waals surface area contributed by atoms with Crippen LogP contribution in [0.2, 0.25) is 0 Å². The Hall–Kier alpha value is -1.12. The fourth-order valence-corrected chi connectivity index (χ4v) is 0.753. The second kappa shape index (κ2) is 2.01. The molecule has 0 bridgehead atoms. The van der Waals surface area contributed by atoms with Crippen LogP contribution in [-0.4, -0.2) is 16.6 Å². The van der Waals surface area contributed by atoms with E-state index in [1.54, 1.807) is 12.3 Å². The largest absolute Gasteiger partial charge is 0.288 e. The molecule has 0 saturated carbocycles. The number of rotatable bonds is 0. The van der Waals surface area contributed by atoms with Crippen molar-refractivity contribution in [1.82, 2.24) is 4.90 Å². The Morgan fingerprint density at radius 3 is 2.78 bits per heavy atom. The Bertz CT molecular complexity index is 183. The number of hydrogen-bond donors (Lipinski definition) is 1. The Morgan fingerprint density at radius 1 is 1.89 bits per heavy atom. The van der Waals surface area contributed by atoms with Crippen molar-refractivity contribution in [2.24, 2.45) is 0 Å². The van der Waals surface area contributed by atoms with E-state index in [-0.39, 0.29) is 5.91 Å². The van der Waals surface area contributed by atoms with Crippen molar-refractivity contribution < 1.29 is 4.79 Å². The lowest BCUT2D eigenvalue weighted by molar-refractivity contribution is -0.123. The SMILES string of the molecule is CC(=O)N1C=CCC1=N. The van der Waals surface area contributed by atoms with E-state index < -0.39 is 0 Å². The highest BCUT2D eigenvalue weighted by Gasteiger charge is 2.13. The highest BCUT2D eigenvalue weighted by molar-refractivity contribution is 5.99. The molecular weight excluding hydrogens is 116 g/mol. The van der Waals surface area contributed by atoms with Crippen molar-refractivity contribution in [3.05, 3.63) is 12.3 Å². The average molecular weight is 124 g/mol. The lowest BCUT2D eigenvalue weighted by Crippen LogP contribution is -2.25. The monoisotopic (exact) mass is 124 g/mol. The number of carbonyl (C=O) groups is 1. The van der Waals surface area contributed by atoms with Crippen LogP contribution in [0.3, 0.4) is 0 Å². The summed E-state index contributed by atoms with van der Waals surface area (Å²) in [5.41, 5.74) is 0. The Morgan fingerprint density at radius 2 is 2.56 bits per heavy atom. The zero-order valence-electron chi connectivity index (χ0n) is 5.22. The highest BCUT2D eigenvalue weighted by Crippen LogP contribution is 2.05. The predicted molar refractivity (Wildman–Crippen MR) is 34.0 cm³/mol. The van der Waals surface area contributed by atoms with E-state index in [4.69, 9.17) is 5.41 Å². The summed E-state index contributed by atoms with van der Waals surface area (Å²) in [5.74, 6) is 0.274. The molecule has 0 radical (unpaired) electrons. The van der Waals surface area contributed by atoms with Crippen molar-refractivity contribution >= 4 is 11.7 Å². The summed E-state index contributed by atoms with van der Waals surface area (Å²) in [6.45, 7) is 1.45. The summed E-state index contributed by atoms with van der Waals surface area (Å²) in [4.78, 5) is 11.9. The number of nitrogens with zero attached hydrogens (tertiary/aromatic N) is 1. The smallest absolute Gasteiger partial charge is 0.228 e. The molecule has 1 rings (SSSR count). The molecule has 0 unspecified atom stereocenters. The lowest BCUT2D eigenvalue weighted by atomic mass is 10.4. The Balaban J connectivity index is 2.71. The van der Waals surface area contributed by atoms with E-state index in [0.717, 1.165) is 0 Å². The quantitative estimate of drug-likeness (QED) is 0.508. The molecule has 9 heavy (non-hydrogen) atoms. The van der Waals surface area contributed by atoms with Crippen molar-refractivity contribution in [2.75, 3.05) is 0 Å². The molecule has 0 aliphatic carbocycles. The van der Waals surface area contributed by atoms with Gasteiger partial charge < -0.3 is 0 Å². The van der Waals surface area contributed by atoms with E-state index in [2.05, 4.69) is 0 Å². The first-order valence-electron chi connectivity index (χ1n) is 2.75. The van der Waals surface area contributed by atoms with Crippen molar-refractivity contribution in [1.29, 1.82) is 5.41 Å². The number of nitrogens with one attached hydrogen (secondary N) is 1. The lowest BCUT2D eigenvalue weighted by Gasteiger charge is -2.08. The minimum Gasteiger partial charge on any atom is -0.288 e. The molecule has 0 aromatic rings. The van der Waals surface area contributed by atoms with E-state index >= 15 is 0 Å². The molecule has 1 N–H and O–H groups in total. The molecule has 0 atom stereocenters. The molecule has 0 spiro atoms. The third-order valence-electron chi connectivity index (χ3n) is 1.20. The second-order valence-electron chi connectivity index (χ2n) is 1.92. The summed E-state index contributed by atoms with van der Waals surface area (Å²) in [6.07, 6.45) is 4.01. The standard InChI is InChI=1S/C6H8N2O/c1-5(9)8-4-2-3-6(8)7/h2,4,7H,3H2,1H3. The molecule has 0 saturated heterocycles. The zero-order valence-corrected chi connectivity index (χ0v) is 5.22. The Labute approximate surface area is 53.5 Å². The van der Waals surface area contributed by atoms with Gasteiger partial charge in [0.15, 0.2) is 0 Å². The fraction of sp³-hybridized carbons (Fsp3) is 0.333. The van der Waals surface area contributed by atoms with Gasteiger partial charge in [-0.15, -0.1) is 0 Å². The molecule has 3 nitrogen and oxygen atoms in total.